The van der Waals surface area contributed by atoms with Crippen LogP contribution in [0.2, 0.25) is 0 Å². The van der Waals surface area contributed by atoms with Gasteiger partial charge in [-0.3, -0.25) is 24.0 Å². The Morgan fingerprint density at radius 1 is 0.717 bits per heavy atom. The molecule has 2 fully saturated rings. The normalized spacial score (nSPS) is 27.9. The monoisotopic (exact) mass is 653 g/mol. The summed E-state index contributed by atoms with van der Waals surface area (Å²) in [5.41, 5.74) is -3.76. The number of nitrogens with zero attached hydrogens (tertiary/aromatic N) is 1. The van der Waals surface area contributed by atoms with Crippen LogP contribution < -0.4 is 0 Å². The highest BCUT2D eigenvalue weighted by Crippen LogP contribution is 2.38. The van der Waals surface area contributed by atoms with Gasteiger partial charge >= 0.3 is 23.9 Å². The molecule has 0 spiro atoms. The van der Waals surface area contributed by atoms with E-state index in [1.54, 1.807) is 83.1 Å². The number of rotatable bonds is 8. The van der Waals surface area contributed by atoms with E-state index >= 15 is 0 Å². The van der Waals surface area contributed by atoms with Gasteiger partial charge in [0.25, 0.3) is 0 Å². The van der Waals surface area contributed by atoms with E-state index in [4.69, 9.17) is 23.7 Å². The van der Waals surface area contributed by atoms with Crippen molar-refractivity contribution in [3.8, 4) is 0 Å². The Bertz CT molecular complexity index is 1120. The summed E-state index contributed by atoms with van der Waals surface area (Å²) in [4.78, 5) is 68.7. The smallest absolute Gasteiger partial charge is 0.311 e. The second-order valence-electron chi connectivity index (χ2n) is 16.9. The summed E-state index contributed by atoms with van der Waals surface area (Å²) in [5, 5.41) is 0. The van der Waals surface area contributed by atoms with Gasteiger partial charge in [-0.25, -0.2) is 0 Å². The molecule has 2 aliphatic heterocycles. The fraction of sp³-hybridized carbons (Fsp3) is 0.857. The number of hydrogen-bond acceptors (Lipinski definition) is 10. The average Bonchev–Trinajstić information content (AvgIpc) is 2.90. The van der Waals surface area contributed by atoms with Crippen LogP contribution in [-0.2, 0) is 47.7 Å². The second-order valence-corrected chi connectivity index (χ2v) is 16.9. The van der Waals surface area contributed by atoms with Crippen LogP contribution in [-0.4, -0.2) is 78.5 Å². The molecule has 0 radical (unpaired) electrons. The van der Waals surface area contributed by atoms with Crippen LogP contribution >= 0.6 is 0 Å². The van der Waals surface area contributed by atoms with Gasteiger partial charge in [-0.2, -0.15) is 0 Å². The van der Waals surface area contributed by atoms with Crippen LogP contribution in [0.4, 0.5) is 0 Å². The lowest BCUT2D eigenvalue weighted by Gasteiger charge is -2.50. The maximum absolute atomic E-state index is 13.9. The molecule has 2 heterocycles. The Labute approximate surface area is 275 Å². The standard InChI is InChI=1S/C35H59NO10/c1-15-16-21-17-18-36(26(37)20(21)2)27-25(46-31(41)35(12,13)14)24(45-30(40)34(9,10)11)23(44-29(39)33(6,7)8)22(43-27)19-42-28(38)32(3,4)5/h20-25,27H,15-19H2,1-14H3/t20-,21-,22+,23-,24-,25+,27+/m0/s1. The summed E-state index contributed by atoms with van der Waals surface area (Å²) in [6.07, 6.45) is -3.96. The van der Waals surface area contributed by atoms with Gasteiger partial charge in [0.2, 0.25) is 5.91 Å². The number of amides is 1. The molecule has 7 atom stereocenters. The molecule has 0 aliphatic carbocycles. The Kier molecular flexibility index (Phi) is 12.5. The molecule has 11 nitrogen and oxygen atoms in total. The van der Waals surface area contributed by atoms with Crippen LogP contribution in [0.15, 0.2) is 0 Å². The van der Waals surface area contributed by atoms with Crippen molar-refractivity contribution in [1.29, 1.82) is 0 Å². The highest BCUT2D eigenvalue weighted by atomic mass is 16.7. The fourth-order valence-corrected chi connectivity index (χ4v) is 5.10. The van der Waals surface area contributed by atoms with Gasteiger partial charge in [-0.1, -0.05) is 20.3 Å². The minimum absolute atomic E-state index is 0.173. The molecule has 46 heavy (non-hydrogen) atoms. The zero-order valence-electron chi connectivity index (χ0n) is 30.6. The molecular formula is C35H59NO10. The number of likely N-dealkylation sites (tertiary alicyclic amines) is 1. The number of carbonyl (C=O) groups is 5. The maximum atomic E-state index is 13.9. The molecule has 0 aromatic heterocycles. The van der Waals surface area contributed by atoms with Gasteiger partial charge in [-0.05, 0) is 102 Å². The minimum Gasteiger partial charge on any atom is -0.462 e. The van der Waals surface area contributed by atoms with Crippen molar-refractivity contribution in [2.75, 3.05) is 13.2 Å². The third-order valence-electron chi connectivity index (χ3n) is 8.25. The zero-order valence-corrected chi connectivity index (χ0v) is 30.6. The van der Waals surface area contributed by atoms with E-state index in [0.29, 0.717) is 13.0 Å². The summed E-state index contributed by atoms with van der Waals surface area (Å²) < 4.78 is 30.4. The molecule has 264 valence electrons. The lowest BCUT2D eigenvalue weighted by Crippen LogP contribution is -2.68. The molecule has 0 unspecified atom stereocenters. The molecule has 0 aromatic carbocycles. The van der Waals surface area contributed by atoms with E-state index in [0.717, 1.165) is 12.8 Å². The van der Waals surface area contributed by atoms with E-state index in [-0.39, 0.29) is 24.3 Å². The Hall–Kier alpha value is -2.69. The van der Waals surface area contributed by atoms with Gasteiger partial charge in [0.1, 0.15) is 12.7 Å². The summed E-state index contributed by atoms with van der Waals surface area (Å²) >= 11 is 0. The van der Waals surface area contributed by atoms with Crippen molar-refractivity contribution < 1.29 is 47.7 Å². The summed E-state index contributed by atoms with van der Waals surface area (Å²) in [7, 11) is 0. The zero-order chi connectivity index (χ0) is 35.6. The first-order valence-electron chi connectivity index (χ1n) is 16.6. The maximum Gasteiger partial charge on any atom is 0.311 e. The molecule has 1 amide bonds. The van der Waals surface area contributed by atoms with Gasteiger partial charge < -0.3 is 28.6 Å². The van der Waals surface area contributed by atoms with Gasteiger partial charge in [0.15, 0.2) is 24.5 Å². The van der Waals surface area contributed by atoms with Crippen molar-refractivity contribution in [2.24, 2.45) is 33.5 Å². The van der Waals surface area contributed by atoms with Crippen molar-refractivity contribution in [2.45, 2.75) is 147 Å². The van der Waals surface area contributed by atoms with E-state index < -0.39 is 76.2 Å². The Balaban J connectivity index is 2.76. The van der Waals surface area contributed by atoms with Crippen LogP contribution in [0, 0.1) is 33.5 Å². The quantitative estimate of drug-likeness (QED) is 0.246. The predicted octanol–water partition coefficient (Wildman–Crippen LogP) is 5.46. The Morgan fingerprint density at radius 2 is 1.15 bits per heavy atom. The van der Waals surface area contributed by atoms with E-state index in [1.807, 2.05) is 6.92 Å². The van der Waals surface area contributed by atoms with Gasteiger partial charge in [0, 0.05) is 12.5 Å². The molecule has 11 heteroatoms. The summed E-state index contributed by atoms with van der Waals surface area (Å²) in [6.45, 7) is 24.1. The van der Waals surface area contributed by atoms with Crippen LogP contribution in [0.3, 0.4) is 0 Å². The van der Waals surface area contributed by atoms with Gasteiger partial charge in [0.05, 0.1) is 21.7 Å². The molecule has 2 rings (SSSR count). The molecule has 0 aromatic rings. The van der Waals surface area contributed by atoms with E-state index in [2.05, 4.69) is 6.92 Å². The number of carbonyl (C=O) groups excluding carboxylic acids is 5. The summed E-state index contributed by atoms with van der Waals surface area (Å²) in [5.74, 6) is -2.77. The highest BCUT2D eigenvalue weighted by molar-refractivity contribution is 5.81. The SMILES string of the molecule is CCC[C@H]1CCN([C@@H]2O[C@H](COC(=O)C(C)(C)C)[C@H](OC(=O)C(C)(C)C)[C@H](OC(=O)C(C)(C)C)[C@H]2OC(=O)C(C)(C)C)C(=O)[C@H]1C. The third kappa shape index (κ3) is 9.91. The third-order valence-corrected chi connectivity index (χ3v) is 8.25. The van der Waals surface area contributed by atoms with E-state index in [9.17, 15) is 24.0 Å². The van der Waals surface area contributed by atoms with E-state index in [1.165, 1.54) is 4.90 Å². The molecule has 0 N–H and O–H groups in total. The second kappa shape index (κ2) is 14.6. The van der Waals surface area contributed by atoms with Crippen molar-refractivity contribution in [3.63, 3.8) is 0 Å². The minimum atomic E-state index is -1.39. The van der Waals surface area contributed by atoms with Crippen molar-refractivity contribution in [3.05, 3.63) is 0 Å². The highest BCUT2D eigenvalue weighted by Gasteiger charge is 2.57. The number of hydrogen-bond donors (Lipinski definition) is 0. The van der Waals surface area contributed by atoms with Crippen LogP contribution in [0.25, 0.3) is 0 Å². The molecular weight excluding hydrogens is 594 g/mol. The molecule has 0 saturated carbocycles. The number of ether oxygens (including phenoxy) is 5. The predicted molar refractivity (Wildman–Crippen MR) is 171 cm³/mol. The lowest BCUT2D eigenvalue weighted by atomic mass is 9.82. The first-order chi connectivity index (χ1) is 20.8. The van der Waals surface area contributed by atoms with Gasteiger partial charge in [-0.15, -0.1) is 0 Å². The number of esters is 4. The first-order valence-corrected chi connectivity index (χ1v) is 16.6. The average molecular weight is 654 g/mol. The lowest BCUT2D eigenvalue weighted by molar-refractivity contribution is -0.283. The largest absolute Gasteiger partial charge is 0.462 e. The fourth-order valence-electron chi connectivity index (χ4n) is 5.10. The van der Waals surface area contributed by atoms with Crippen LogP contribution in [0.5, 0.6) is 0 Å². The molecule has 2 aliphatic rings. The summed E-state index contributed by atoms with van der Waals surface area (Å²) in [6, 6.07) is 0. The number of piperidine rings is 1. The van der Waals surface area contributed by atoms with Crippen LogP contribution in [0.1, 0.15) is 116 Å². The van der Waals surface area contributed by atoms with Crippen molar-refractivity contribution >= 4 is 29.8 Å². The van der Waals surface area contributed by atoms with Crippen molar-refractivity contribution in [1.82, 2.24) is 4.90 Å². The topological polar surface area (TPSA) is 135 Å². The first kappa shape index (κ1) is 39.5. The molecule has 0 bridgehead atoms. The molecule has 2 saturated heterocycles. The Morgan fingerprint density at radius 3 is 1.59 bits per heavy atom.